The van der Waals surface area contributed by atoms with Crippen molar-refractivity contribution in [2.24, 2.45) is 0 Å². The van der Waals surface area contributed by atoms with Crippen molar-refractivity contribution in [3.8, 4) is 11.5 Å². The van der Waals surface area contributed by atoms with Crippen LogP contribution in [-0.2, 0) is 16.6 Å². The Hall–Kier alpha value is -1.87. The van der Waals surface area contributed by atoms with E-state index in [2.05, 4.69) is 4.90 Å². The lowest BCUT2D eigenvalue weighted by atomic mass is 10.2. The lowest BCUT2D eigenvalue weighted by Crippen LogP contribution is -2.48. The van der Waals surface area contributed by atoms with Crippen molar-refractivity contribution in [2.45, 2.75) is 11.4 Å². The second-order valence-electron chi connectivity index (χ2n) is 6.45. The Kier molecular flexibility index (Phi) is 6.44. The Balaban J connectivity index is 1.71. The van der Waals surface area contributed by atoms with Crippen molar-refractivity contribution in [1.82, 2.24) is 9.21 Å². The highest BCUT2D eigenvalue weighted by molar-refractivity contribution is 7.89. The second kappa shape index (κ2) is 8.65. The molecule has 0 bridgehead atoms. The van der Waals surface area contributed by atoms with Gasteiger partial charge < -0.3 is 9.47 Å². The van der Waals surface area contributed by atoms with Crippen LogP contribution in [0.5, 0.6) is 11.5 Å². The summed E-state index contributed by atoms with van der Waals surface area (Å²) in [6.45, 7) is 2.38. The first-order chi connectivity index (χ1) is 13.3. The van der Waals surface area contributed by atoms with Gasteiger partial charge in [-0.3, -0.25) is 4.90 Å². The maximum absolute atomic E-state index is 13.3. The predicted octanol–water partition coefficient (Wildman–Crippen LogP) is 3.00. The first kappa shape index (κ1) is 20.9. The van der Waals surface area contributed by atoms with Crippen LogP contribution in [0.25, 0.3) is 0 Å². The molecule has 6 nitrogen and oxygen atoms in total. The maximum atomic E-state index is 13.3. The molecule has 9 heteroatoms. The van der Waals surface area contributed by atoms with E-state index < -0.39 is 15.8 Å². The maximum Gasteiger partial charge on any atom is 0.246 e. The molecule has 28 heavy (non-hydrogen) atoms. The van der Waals surface area contributed by atoms with Gasteiger partial charge in [-0.2, -0.15) is 4.31 Å². The Bertz CT molecular complexity index is 947. The van der Waals surface area contributed by atoms with Crippen LogP contribution >= 0.6 is 11.6 Å². The van der Waals surface area contributed by atoms with Gasteiger partial charge in [-0.05, 0) is 29.8 Å². The standard InChI is InChI=1S/C19H22ClFN2O4S/c1-26-15-4-6-18(27-2)19(12-15)28(24,25)23-9-7-22(8-10-23)13-14-3-5-17(21)16(20)11-14/h3-6,11-12H,7-10,13H2,1-2H3. The summed E-state index contributed by atoms with van der Waals surface area (Å²) >= 11 is 5.83. The first-order valence-electron chi connectivity index (χ1n) is 8.73. The van der Waals surface area contributed by atoms with Crippen LogP contribution in [0.1, 0.15) is 5.56 Å². The highest BCUT2D eigenvalue weighted by atomic mass is 35.5. The highest BCUT2D eigenvalue weighted by Gasteiger charge is 2.31. The Morgan fingerprint density at radius 2 is 1.75 bits per heavy atom. The van der Waals surface area contributed by atoms with Gasteiger partial charge >= 0.3 is 0 Å². The van der Waals surface area contributed by atoms with Gasteiger partial charge in [0.15, 0.2) is 0 Å². The van der Waals surface area contributed by atoms with E-state index >= 15 is 0 Å². The van der Waals surface area contributed by atoms with E-state index in [0.29, 0.717) is 38.5 Å². The molecule has 0 aromatic heterocycles. The van der Waals surface area contributed by atoms with Crippen LogP contribution in [0.15, 0.2) is 41.3 Å². The van der Waals surface area contributed by atoms with Gasteiger partial charge in [-0.25, -0.2) is 12.8 Å². The summed E-state index contributed by atoms with van der Waals surface area (Å²) in [4.78, 5) is 2.20. The second-order valence-corrected chi connectivity index (χ2v) is 8.76. The minimum absolute atomic E-state index is 0.0869. The van der Waals surface area contributed by atoms with Gasteiger partial charge in [0.1, 0.15) is 22.2 Å². The van der Waals surface area contributed by atoms with Crippen molar-refractivity contribution in [1.29, 1.82) is 0 Å². The number of hydrogen-bond donors (Lipinski definition) is 0. The molecule has 3 rings (SSSR count). The zero-order chi connectivity index (χ0) is 20.3. The van der Waals surface area contributed by atoms with Gasteiger partial charge in [-0.15, -0.1) is 0 Å². The van der Waals surface area contributed by atoms with Gasteiger partial charge in [0.2, 0.25) is 10.0 Å². The zero-order valence-electron chi connectivity index (χ0n) is 15.7. The predicted molar refractivity (Wildman–Crippen MR) is 105 cm³/mol. The summed E-state index contributed by atoms with van der Waals surface area (Å²) in [6.07, 6.45) is 0. The minimum atomic E-state index is -3.72. The number of hydrogen-bond acceptors (Lipinski definition) is 5. The molecule has 1 aliphatic rings. The largest absolute Gasteiger partial charge is 0.497 e. The number of piperazine rings is 1. The lowest BCUT2D eigenvalue weighted by Gasteiger charge is -2.34. The van der Waals surface area contributed by atoms with Crippen LogP contribution < -0.4 is 9.47 Å². The Morgan fingerprint density at radius 1 is 1.04 bits per heavy atom. The summed E-state index contributed by atoms with van der Waals surface area (Å²) in [6, 6.07) is 9.34. The molecule has 0 aliphatic carbocycles. The molecule has 0 atom stereocenters. The third kappa shape index (κ3) is 4.41. The summed E-state index contributed by atoms with van der Waals surface area (Å²) in [5, 5.41) is 0.0869. The number of halogens is 2. The molecule has 0 spiro atoms. The van der Waals surface area contributed by atoms with E-state index in [4.69, 9.17) is 21.1 Å². The molecule has 0 unspecified atom stereocenters. The van der Waals surface area contributed by atoms with Crippen LogP contribution in [0.3, 0.4) is 0 Å². The number of nitrogens with zero attached hydrogens (tertiary/aromatic N) is 2. The third-order valence-corrected chi connectivity index (χ3v) is 6.92. The van der Waals surface area contributed by atoms with E-state index in [-0.39, 0.29) is 15.7 Å². The van der Waals surface area contributed by atoms with E-state index in [1.165, 1.54) is 30.7 Å². The monoisotopic (exact) mass is 428 g/mol. The van der Waals surface area contributed by atoms with Gasteiger partial charge in [0, 0.05) is 38.8 Å². The van der Waals surface area contributed by atoms with Crippen molar-refractivity contribution >= 4 is 21.6 Å². The molecular formula is C19H22ClFN2O4S. The average Bonchev–Trinajstić information content (AvgIpc) is 2.70. The number of methoxy groups -OCH3 is 2. The Morgan fingerprint density at radius 3 is 2.36 bits per heavy atom. The number of benzene rings is 2. The molecule has 0 radical (unpaired) electrons. The smallest absolute Gasteiger partial charge is 0.246 e. The van der Waals surface area contributed by atoms with Crippen molar-refractivity contribution in [3.63, 3.8) is 0 Å². The fraction of sp³-hybridized carbons (Fsp3) is 0.368. The quantitative estimate of drug-likeness (QED) is 0.707. The van der Waals surface area contributed by atoms with Crippen LogP contribution in [0, 0.1) is 5.82 Å². The fourth-order valence-electron chi connectivity index (χ4n) is 3.15. The summed E-state index contributed by atoms with van der Waals surface area (Å²) in [5.41, 5.74) is 0.886. The van der Waals surface area contributed by atoms with Crippen molar-refractivity contribution < 1.29 is 22.3 Å². The SMILES string of the molecule is COc1ccc(OC)c(S(=O)(=O)N2CCN(Cc3ccc(F)c(Cl)c3)CC2)c1. The van der Waals surface area contributed by atoms with E-state index in [9.17, 15) is 12.8 Å². The molecule has 1 heterocycles. The average molecular weight is 429 g/mol. The van der Waals surface area contributed by atoms with E-state index in [1.54, 1.807) is 24.3 Å². The van der Waals surface area contributed by atoms with Gasteiger partial charge in [0.05, 0.1) is 19.2 Å². The first-order valence-corrected chi connectivity index (χ1v) is 10.6. The van der Waals surface area contributed by atoms with Crippen LogP contribution in [-0.4, -0.2) is 58.0 Å². The molecule has 0 N–H and O–H groups in total. The fourth-order valence-corrected chi connectivity index (χ4v) is 4.94. The highest BCUT2D eigenvalue weighted by Crippen LogP contribution is 2.31. The molecule has 152 valence electrons. The number of sulfonamides is 1. The minimum Gasteiger partial charge on any atom is -0.497 e. The topological polar surface area (TPSA) is 59.1 Å². The zero-order valence-corrected chi connectivity index (χ0v) is 17.3. The van der Waals surface area contributed by atoms with E-state index in [0.717, 1.165) is 5.56 Å². The van der Waals surface area contributed by atoms with Crippen LogP contribution in [0.2, 0.25) is 5.02 Å². The van der Waals surface area contributed by atoms with Crippen LogP contribution in [0.4, 0.5) is 4.39 Å². The number of ether oxygens (including phenoxy) is 2. The molecule has 1 saturated heterocycles. The summed E-state index contributed by atoms with van der Waals surface area (Å²) in [7, 11) is -0.793. The molecule has 0 amide bonds. The van der Waals surface area contributed by atoms with E-state index in [1.807, 2.05) is 0 Å². The van der Waals surface area contributed by atoms with Gasteiger partial charge in [0.25, 0.3) is 0 Å². The molecule has 2 aromatic carbocycles. The molecule has 1 aliphatic heterocycles. The Labute approximate surface area is 169 Å². The molecule has 0 saturated carbocycles. The lowest BCUT2D eigenvalue weighted by molar-refractivity contribution is 0.181. The molecule has 2 aromatic rings. The number of rotatable bonds is 6. The molecular weight excluding hydrogens is 407 g/mol. The molecule has 1 fully saturated rings. The normalized spacial score (nSPS) is 16.1. The third-order valence-electron chi connectivity index (χ3n) is 4.71. The van der Waals surface area contributed by atoms with Gasteiger partial charge in [-0.1, -0.05) is 17.7 Å². The summed E-state index contributed by atoms with van der Waals surface area (Å²) < 4.78 is 51.3. The van der Waals surface area contributed by atoms with Crippen molar-refractivity contribution in [3.05, 3.63) is 52.8 Å². The summed E-state index contributed by atoms with van der Waals surface area (Å²) in [5.74, 6) is 0.281. The van der Waals surface area contributed by atoms with Crippen molar-refractivity contribution in [2.75, 3.05) is 40.4 Å².